The van der Waals surface area contributed by atoms with E-state index in [-0.39, 0.29) is 99.4 Å². The van der Waals surface area contributed by atoms with E-state index in [0.717, 1.165) is 6.07 Å². The van der Waals surface area contributed by atoms with Gasteiger partial charge in [-0.2, -0.15) is 13.2 Å². The van der Waals surface area contributed by atoms with Crippen molar-refractivity contribution in [3.05, 3.63) is 68.1 Å². The van der Waals surface area contributed by atoms with E-state index in [9.17, 15) is 57.1 Å². The van der Waals surface area contributed by atoms with E-state index in [1.165, 1.54) is 16.7 Å². The number of allylic oxidation sites excluding steroid dienone is 2. The third-order valence-corrected chi connectivity index (χ3v) is 11.0. The first-order valence-corrected chi connectivity index (χ1v) is 20.4. The SMILES string of the molecule is CCN1/C(=C\C=C\c2n(CC)c3cc(Br)c(C(=O)C(F)(F)F)cc3[n+]2CCCS(=O)(=O)[O-])N(CCCS(=O)(=O)[O-])c2cc(COC(F)(F)F)c(Br)cc21.[K+]. The fourth-order valence-electron chi connectivity index (χ4n) is 5.91. The average Bonchev–Trinajstić information content (AvgIpc) is 3.46. The van der Waals surface area contributed by atoms with Crippen molar-refractivity contribution >= 4 is 86.4 Å². The Kier molecular flexibility index (Phi) is 16.1. The second kappa shape index (κ2) is 18.5. The van der Waals surface area contributed by atoms with Crippen molar-refractivity contribution in [2.75, 3.05) is 34.4 Å². The molecular formula is C31H31Br2F6KN4O8S2. The minimum atomic E-state index is -5.20. The van der Waals surface area contributed by atoms with Crippen LogP contribution >= 0.6 is 31.9 Å². The summed E-state index contributed by atoms with van der Waals surface area (Å²) in [5, 5.41) is 0. The molecule has 0 aliphatic carbocycles. The van der Waals surface area contributed by atoms with Gasteiger partial charge in [0.15, 0.2) is 11.0 Å². The number of halogens is 8. The van der Waals surface area contributed by atoms with Gasteiger partial charge in [-0.15, -0.1) is 13.2 Å². The van der Waals surface area contributed by atoms with Gasteiger partial charge in [0, 0.05) is 57.3 Å². The topological polar surface area (TPSA) is 156 Å². The van der Waals surface area contributed by atoms with E-state index >= 15 is 0 Å². The van der Waals surface area contributed by atoms with Crippen molar-refractivity contribution in [2.24, 2.45) is 0 Å². The van der Waals surface area contributed by atoms with Crippen LogP contribution in [0, 0.1) is 0 Å². The van der Waals surface area contributed by atoms with Crippen LogP contribution in [0.2, 0.25) is 0 Å². The van der Waals surface area contributed by atoms with Crippen molar-refractivity contribution in [1.29, 1.82) is 0 Å². The predicted octanol–water partition coefficient (Wildman–Crippen LogP) is 3.33. The van der Waals surface area contributed by atoms with Gasteiger partial charge in [-0.1, -0.05) is 22.0 Å². The van der Waals surface area contributed by atoms with Crippen LogP contribution in [0.3, 0.4) is 0 Å². The second-order valence-electron chi connectivity index (χ2n) is 11.6. The van der Waals surface area contributed by atoms with Gasteiger partial charge in [-0.25, -0.2) is 26.0 Å². The summed E-state index contributed by atoms with van der Waals surface area (Å²) in [6.45, 7) is 3.05. The molecule has 0 saturated carbocycles. The molecule has 292 valence electrons. The Morgan fingerprint density at radius 1 is 0.889 bits per heavy atom. The van der Waals surface area contributed by atoms with Crippen LogP contribution < -0.4 is 65.8 Å². The summed E-state index contributed by atoms with van der Waals surface area (Å²) < 4.78 is 155. The number of hydrogen-bond donors (Lipinski definition) is 0. The third-order valence-electron chi connectivity index (χ3n) is 8.05. The van der Waals surface area contributed by atoms with Gasteiger partial charge in [-0.05, 0) is 66.4 Å². The van der Waals surface area contributed by atoms with Crippen LogP contribution in [0.4, 0.5) is 37.7 Å². The van der Waals surface area contributed by atoms with E-state index in [1.807, 2.05) is 0 Å². The fourth-order valence-corrected chi connectivity index (χ4v) is 7.83. The monoisotopic (exact) mass is 962 g/mol. The van der Waals surface area contributed by atoms with Crippen molar-refractivity contribution in [3.8, 4) is 0 Å². The molecule has 0 atom stereocenters. The number of ketones is 1. The van der Waals surface area contributed by atoms with E-state index in [4.69, 9.17) is 0 Å². The summed E-state index contributed by atoms with van der Waals surface area (Å²) in [4.78, 5) is 15.7. The number of alkyl halides is 6. The van der Waals surface area contributed by atoms with Crippen molar-refractivity contribution in [1.82, 2.24) is 4.57 Å². The Hall–Kier alpha value is -1.38. The zero-order valence-corrected chi connectivity index (χ0v) is 36.7. The molecule has 3 aromatic rings. The maximum atomic E-state index is 13.5. The van der Waals surface area contributed by atoms with E-state index in [2.05, 4.69) is 36.6 Å². The molecule has 23 heteroatoms. The summed E-state index contributed by atoms with van der Waals surface area (Å²) in [6, 6.07) is 5.36. The number of Topliss-reactive ketones (excluding diaryl/α,β-unsaturated/α-hetero) is 1. The summed E-state index contributed by atoms with van der Waals surface area (Å²) in [6.07, 6.45) is -5.79. The van der Waals surface area contributed by atoms with Crippen molar-refractivity contribution in [3.63, 3.8) is 0 Å². The largest absolute Gasteiger partial charge is 1.00 e. The molecular weight excluding hydrogens is 933 g/mol. The first-order valence-electron chi connectivity index (χ1n) is 15.7. The summed E-state index contributed by atoms with van der Waals surface area (Å²) >= 11 is 6.34. The molecule has 12 nitrogen and oxygen atoms in total. The maximum absolute atomic E-state index is 13.5. The fraction of sp³-hybridized carbons (Fsp3) is 0.419. The molecule has 54 heavy (non-hydrogen) atoms. The first kappa shape index (κ1) is 47.0. The molecule has 0 unspecified atom stereocenters. The zero-order valence-electron chi connectivity index (χ0n) is 28.8. The van der Waals surface area contributed by atoms with Gasteiger partial charge in [0.25, 0.3) is 11.6 Å². The normalized spacial score (nSPS) is 14.8. The standard InChI is InChI=1S/C31H32Br2F6N4O8S2.K/c1-3-40-25-16-21(32)19(18-51-31(37,38)39)14-23(25)42(10-6-12-52(45,46)47)27(40)8-5-9-28-41(4-2)26-17-22(33)20(29(44)30(34,35)36)15-24(26)43(28)11-7-13-53(48,49)50;/h5,8-9,14-17H,3-4,6-7,10-13,18H2,1-2H3,(H-,45,46,47,48,49,50);/q;+1/p-1. The van der Waals surface area contributed by atoms with E-state index < -0.39 is 62.2 Å². The molecule has 4 rings (SSSR count). The maximum Gasteiger partial charge on any atom is 1.00 e. The van der Waals surface area contributed by atoms with Crippen LogP contribution in [-0.2, 0) is 44.7 Å². The van der Waals surface area contributed by atoms with Gasteiger partial charge in [0.2, 0.25) is 0 Å². The quantitative estimate of drug-likeness (QED) is 0.0729. The summed E-state index contributed by atoms with van der Waals surface area (Å²) in [5.41, 5.74) is 0.868. The molecule has 0 N–H and O–H groups in total. The van der Waals surface area contributed by atoms with Gasteiger partial charge in [-0.3, -0.25) is 9.53 Å². The number of benzene rings is 2. The molecule has 0 spiro atoms. The van der Waals surface area contributed by atoms with Crippen molar-refractivity contribution < 1.29 is 118 Å². The van der Waals surface area contributed by atoms with Crippen LogP contribution in [0.5, 0.6) is 0 Å². The van der Waals surface area contributed by atoms with E-state index in [0.29, 0.717) is 39.6 Å². The number of aryl methyl sites for hydroxylation is 2. The molecule has 0 radical (unpaired) electrons. The molecule has 2 heterocycles. The smallest absolute Gasteiger partial charge is 0.748 e. The predicted molar refractivity (Wildman–Crippen MR) is 187 cm³/mol. The Bertz CT molecular complexity index is 2180. The number of hydrogen-bond acceptors (Lipinski definition) is 10. The summed E-state index contributed by atoms with van der Waals surface area (Å²) in [7, 11) is -9.26. The molecule has 0 saturated heterocycles. The van der Waals surface area contributed by atoms with Gasteiger partial charge in [0.1, 0.15) is 5.82 Å². The number of ether oxygens (including phenoxy) is 1. The number of anilines is 2. The van der Waals surface area contributed by atoms with Crippen LogP contribution in [-0.4, -0.2) is 73.4 Å². The van der Waals surface area contributed by atoms with Gasteiger partial charge < -0.3 is 18.9 Å². The van der Waals surface area contributed by atoms with Crippen molar-refractivity contribution in [2.45, 2.75) is 58.9 Å². The third kappa shape index (κ3) is 11.8. The Morgan fingerprint density at radius 3 is 2.06 bits per heavy atom. The molecule has 0 bridgehead atoms. The number of nitrogens with zero attached hydrogens (tertiary/aromatic N) is 4. The average molecular weight is 965 g/mol. The minimum absolute atomic E-state index is 0. The van der Waals surface area contributed by atoms with Crippen LogP contribution in [0.15, 0.2) is 51.2 Å². The molecule has 2 aromatic carbocycles. The van der Waals surface area contributed by atoms with Crippen LogP contribution in [0.1, 0.15) is 48.4 Å². The minimum Gasteiger partial charge on any atom is -0.748 e. The Labute approximate surface area is 366 Å². The number of fused-ring (bicyclic) bond motifs is 2. The Morgan fingerprint density at radius 2 is 1.50 bits per heavy atom. The Balaban J connectivity index is 0.00000784. The summed E-state index contributed by atoms with van der Waals surface area (Å²) in [5.74, 6) is -2.86. The first-order chi connectivity index (χ1) is 24.5. The zero-order chi connectivity index (χ0) is 39.7. The van der Waals surface area contributed by atoms with Crippen LogP contribution in [0.25, 0.3) is 17.1 Å². The molecule has 0 fully saturated rings. The molecule has 0 amide bonds. The van der Waals surface area contributed by atoms with E-state index in [1.54, 1.807) is 52.5 Å². The second-order valence-corrected chi connectivity index (χ2v) is 16.3. The number of imidazole rings is 1. The molecule has 1 aromatic heterocycles. The molecule has 1 aliphatic heterocycles. The number of aromatic nitrogens is 2. The number of carbonyl (C=O) groups is 1. The number of carbonyl (C=O) groups excluding carboxylic acids is 1. The number of rotatable bonds is 15. The van der Waals surface area contributed by atoms with Gasteiger partial charge in [0.05, 0.1) is 51.3 Å². The molecule has 1 aliphatic rings. The van der Waals surface area contributed by atoms with Gasteiger partial charge >= 0.3 is 63.9 Å².